The van der Waals surface area contributed by atoms with Crippen molar-refractivity contribution >= 4 is 34.8 Å². The SMILES string of the molecule is N#CC1[C@H]2CC[C@H](C2)[C@H]1C(=O)Nc1ccc(Cl)c(Cl)c1. The zero-order valence-corrected chi connectivity index (χ0v) is 12.3. The summed E-state index contributed by atoms with van der Waals surface area (Å²) in [6, 6.07) is 7.34. The van der Waals surface area contributed by atoms with Crippen LogP contribution in [0.15, 0.2) is 18.2 Å². The van der Waals surface area contributed by atoms with Gasteiger partial charge in [-0.1, -0.05) is 23.2 Å². The summed E-state index contributed by atoms with van der Waals surface area (Å²) in [7, 11) is 0. The van der Waals surface area contributed by atoms with E-state index in [-0.39, 0.29) is 17.7 Å². The Bertz CT molecular complexity index is 596. The average Bonchev–Trinajstić information content (AvgIpc) is 3.02. The molecule has 5 heteroatoms. The number of carbonyl (C=O) groups excluding carboxylic acids is 1. The number of fused-ring (bicyclic) bond motifs is 2. The highest BCUT2D eigenvalue weighted by Gasteiger charge is 2.51. The smallest absolute Gasteiger partial charge is 0.229 e. The zero-order chi connectivity index (χ0) is 14.3. The Morgan fingerprint density at radius 1 is 1.25 bits per heavy atom. The van der Waals surface area contributed by atoms with Crippen LogP contribution in [0.25, 0.3) is 0 Å². The molecule has 0 aliphatic heterocycles. The normalized spacial score (nSPS) is 31.1. The highest BCUT2D eigenvalue weighted by Crippen LogP contribution is 2.52. The number of nitrogens with one attached hydrogen (secondary N) is 1. The average molecular weight is 309 g/mol. The first kappa shape index (κ1) is 13.7. The molecule has 1 aromatic carbocycles. The Kier molecular flexibility index (Phi) is 3.62. The Morgan fingerprint density at radius 2 is 2.00 bits per heavy atom. The van der Waals surface area contributed by atoms with Crippen molar-refractivity contribution in [3.05, 3.63) is 28.2 Å². The number of rotatable bonds is 2. The van der Waals surface area contributed by atoms with Crippen LogP contribution in [0.2, 0.25) is 10.0 Å². The fourth-order valence-electron chi connectivity index (χ4n) is 3.65. The maximum Gasteiger partial charge on any atom is 0.229 e. The predicted molar refractivity (Wildman–Crippen MR) is 78.5 cm³/mol. The molecule has 2 aliphatic carbocycles. The summed E-state index contributed by atoms with van der Waals surface area (Å²) in [5.41, 5.74) is 0.629. The van der Waals surface area contributed by atoms with Crippen LogP contribution in [0, 0.1) is 35.0 Å². The van der Waals surface area contributed by atoms with E-state index in [9.17, 15) is 10.1 Å². The van der Waals surface area contributed by atoms with E-state index in [2.05, 4.69) is 11.4 Å². The topological polar surface area (TPSA) is 52.9 Å². The number of hydrogen-bond acceptors (Lipinski definition) is 2. The molecule has 4 atom stereocenters. The third-order valence-electron chi connectivity index (χ3n) is 4.56. The van der Waals surface area contributed by atoms with E-state index < -0.39 is 0 Å². The van der Waals surface area contributed by atoms with Crippen LogP contribution in [0.1, 0.15) is 19.3 Å². The van der Waals surface area contributed by atoms with Gasteiger partial charge in [-0.2, -0.15) is 5.26 Å². The van der Waals surface area contributed by atoms with E-state index in [1.54, 1.807) is 18.2 Å². The number of halogens is 2. The van der Waals surface area contributed by atoms with Crippen LogP contribution in [0.4, 0.5) is 5.69 Å². The summed E-state index contributed by atoms with van der Waals surface area (Å²) >= 11 is 11.8. The molecule has 3 rings (SSSR count). The van der Waals surface area contributed by atoms with Crippen molar-refractivity contribution < 1.29 is 4.79 Å². The Balaban J connectivity index is 1.76. The van der Waals surface area contributed by atoms with E-state index in [1.807, 2.05) is 0 Å². The number of benzene rings is 1. The van der Waals surface area contributed by atoms with E-state index >= 15 is 0 Å². The van der Waals surface area contributed by atoms with Crippen molar-refractivity contribution in [2.24, 2.45) is 23.7 Å². The van der Waals surface area contributed by atoms with Crippen LogP contribution in [0.3, 0.4) is 0 Å². The summed E-state index contributed by atoms with van der Waals surface area (Å²) in [6.45, 7) is 0. The molecule has 0 spiro atoms. The highest BCUT2D eigenvalue weighted by atomic mass is 35.5. The molecule has 3 nitrogen and oxygen atoms in total. The van der Waals surface area contributed by atoms with Gasteiger partial charge in [-0.05, 0) is 49.3 Å². The van der Waals surface area contributed by atoms with Crippen LogP contribution < -0.4 is 5.32 Å². The van der Waals surface area contributed by atoms with Crippen molar-refractivity contribution in [1.29, 1.82) is 5.26 Å². The number of nitriles is 1. The molecule has 2 bridgehead atoms. The van der Waals surface area contributed by atoms with Crippen molar-refractivity contribution in [3.63, 3.8) is 0 Å². The maximum absolute atomic E-state index is 12.4. The number of anilines is 1. The van der Waals surface area contributed by atoms with Crippen molar-refractivity contribution in [2.45, 2.75) is 19.3 Å². The van der Waals surface area contributed by atoms with Crippen LogP contribution >= 0.6 is 23.2 Å². The third-order valence-corrected chi connectivity index (χ3v) is 5.29. The molecule has 1 aromatic rings. The molecule has 1 N–H and O–H groups in total. The second-order valence-corrected chi connectivity index (χ2v) is 6.45. The fraction of sp³-hybridized carbons (Fsp3) is 0.467. The molecule has 0 heterocycles. The van der Waals surface area contributed by atoms with Gasteiger partial charge in [0.25, 0.3) is 0 Å². The second kappa shape index (κ2) is 5.27. The summed E-state index contributed by atoms with van der Waals surface area (Å²) in [4.78, 5) is 12.4. The number of hydrogen-bond donors (Lipinski definition) is 1. The van der Waals surface area contributed by atoms with Crippen LogP contribution in [-0.4, -0.2) is 5.91 Å². The van der Waals surface area contributed by atoms with Crippen LogP contribution in [-0.2, 0) is 4.79 Å². The van der Waals surface area contributed by atoms with Crippen molar-refractivity contribution in [1.82, 2.24) is 0 Å². The van der Waals surface area contributed by atoms with E-state index in [4.69, 9.17) is 23.2 Å². The van der Waals surface area contributed by atoms with Gasteiger partial charge in [0.15, 0.2) is 0 Å². The molecule has 2 fully saturated rings. The quantitative estimate of drug-likeness (QED) is 0.893. The van der Waals surface area contributed by atoms with E-state index in [0.717, 1.165) is 19.3 Å². The van der Waals surface area contributed by atoms with Gasteiger partial charge in [0.05, 0.1) is 28.0 Å². The lowest BCUT2D eigenvalue weighted by molar-refractivity contribution is -0.122. The van der Waals surface area contributed by atoms with Gasteiger partial charge in [-0.25, -0.2) is 0 Å². The molecule has 1 amide bonds. The van der Waals surface area contributed by atoms with E-state index in [0.29, 0.717) is 27.6 Å². The number of nitrogens with zero attached hydrogens (tertiary/aromatic N) is 1. The van der Waals surface area contributed by atoms with Gasteiger partial charge in [-0.3, -0.25) is 4.79 Å². The standard InChI is InChI=1S/C15H14Cl2N2O/c16-12-4-3-10(6-13(12)17)19-15(20)14-9-2-1-8(5-9)11(14)7-18/h3-4,6,8-9,11,14H,1-2,5H2,(H,19,20)/t8-,9+,11?,14+/m0/s1. The van der Waals surface area contributed by atoms with Crippen LogP contribution in [0.5, 0.6) is 0 Å². The predicted octanol–water partition coefficient (Wildman–Crippen LogP) is 4.12. The lowest BCUT2D eigenvalue weighted by Gasteiger charge is -2.25. The summed E-state index contributed by atoms with van der Waals surface area (Å²) in [5, 5.41) is 13.0. The van der Waals surface area contributed by atoms with Gasteiger partial charge < -0.3 is 5.32 Å². The summed E-state index contributed by atoms with van der Waals surface area (Å²) in [6.07, 6.45) is 3.15. The largest absolute Gasteiger partial charge is 0.326 e. The molecular weight excluding hydrogens is 295 g/mol. The molecule has 104 valence electrons. The molecule has 0 saturated heterocycles. The van der Waals surface area contributed by atoms with Crippen molar-refractivity contribution in [3.8, 4) is 6.07 Å². The summed E-state index contributed by atoms with van der Waals surface area (Å²) < 4.78 is 0. The molecule has 0 aromatic heterocycles. The Morgan fingerprint density at radius 3 is 2.70 bits per heavy atom. The second-order valence-electron chi connectivity index (χ2n) is 5.63. The highest BCUT2D eigenvalue weighted by molar-refractivity contribution is 6.42. The third kappa shape index (κ3) is 2.28. The minimum atomic E-state index is -0.187. The molecule has 2 saturated carbocycles. The number of amides is 1. The maximum atomic E-state index is 12.4. The monoisotopic (exact) mass is 308 g/mol. The first-order valence-electron chi connectivity index (χ1n) is 6.75. The molecule has 0 radical (unpaired) electrons. The zero-order valence-electron chi connectivity index (χ0n) is 10.8. The van der Waals surface area contributed by atoms with Gasteiger partial charge in [0, 0.05) is 5.69 Å². The number of carbonyl (C=O) groups is 1. The first-order valence-corrected chi connectivity index (χ1v) is 7.51. The Hall–Kier alpha value is -1.24. The van der Waals surface area contributed by atoms with Gasteiger partial charge in [0.1, 0.15) is 0 Å². The molecular formula is C15H14Cl2N2O. The van der Waals surface area contributed by atoms with Gasteiger partial charge in [-0.15, -0.1) is 0 Å². The molecule has 1 unspecified atom stereocenters. The Labute approximate surface area is 127 Å². The lowest BCUT2D eigenvalue weighted by atomic mass is 9.79. The minimum absolute atomic E-state index is 0.0675. The molecule has 2 aliphatic rings. The first-order chi connectivity index (χ1) is 9.60. The van der Waals surface area contributed by atoms with Gasteiger partial charge >= 0.3 is 0 Å². The summed E-state index contributed by atoms with van der Waals surface area (Å²) in [5.74, 6) is 0.355. The lowest BCUT2D eigenvalue weighted by Crippen LogP contribution is -2.33. The molecule has 20 heavy (non-hydrogen) atoms. The van der Waals surface area contributed by atoms with Gasteiger partial charge in [0.2, 0.25) is 5.91 Å². The fourth-order valence-corrected chi connectivity index (χ4v) is 3.95. The minimum Gasteiger partial charge on any atom is -0.326 e. The van der Waals surface area contributed by atoms with E-state index in [1.165, 1.54) is 0 Å². The van der Waals surface area contributed by atoms with Crippen molar-refractivity contribution in [2.75, 3.05) is 5.32 Å².